The van der Waals surface area contributed by atoms with Gasteiger partial charge in [-0.1, -0.05) is 0 Å². The Labute approximate surface area is 76.4 Å². The lowest BCUT2D eigenvalue weighted by Crippen LogP contribution is -3.00. The summed E-state index contributed by atoms with van der Waals surface area (Å²) in [6.45, 7) is 0. The molecule has 0 heterocycles. The number of rotatable bonds is 2. The van der Waals surface area contributed by atoms with Crippen molar-refractivity contribution in [1.29, 1.82) is 0 Å². The molecule has 0 rings (SSSR count). The molecule has 0 fully saturated rings. The van der Waals surface area contributed by atoms with Crippen LogP contribution in [0.3, 0.4) is 0 Å². The van der Waals surface area contributed by atoms with Crippen LogP contribution in [0.15, 0.2) is 0 Å². The second kappa shape index (κ2) is 30.9. The molecule has 0 aliphatic rings. The first-order chi connectivity index (χ1) is 3.31. The Morgan fingerprint density at radius 1 is 1.17 bits per heavy atom. The molecule has 1 radical (unpaired) electrons. The average molecular weight is 234 g/mol. The lowest BCUT2D eigenvalue weighted by atomic mass is 10.5. The van der Waals surface area contributed by atoms with E-state index in [1.807, 2.05) is 4.72 Å². The second-order valence-electron chi connectivity index (χ2n) is 0.964. The molecule has 81 valence electrons. The van der Waals surface area contributed by atoms with E-state index in [4.69, 9.17) is 11.6 Å². The predicted octanol–water partition coefficient (Wildman–Crippen LogP) is -14.1. The van der Waals surface area contributed by atoms with Crippen LogP contribution in [0, 0.1) is 0 Å². The van der Waals surface area contributed by atoms with Crippen LogP contribution >= 0.6 is 24.4 Å². The maximum atomic E-state index is 10.1. The summed E-state index contributed by atoms with van der Waals surface area (Å²) >= 11 is 9.35. The summed E-state index contributed by atoms with van der Waals surface area (Å²) in [5.41, 5.74) is 0. The fraction of sp³-hybridized carbons (Fsp3) is 0.667. The van der Waals surface area contributed by atoms with Crippen molar-refractivity contribution in [2.24, 2.45) is 0 Å². The molecule has 0 atom stereocenters. The Hall–Kier alpha value is -0.240. The third-order valence-corrected chi connectivity index (χ3v) is 0.852. The van der Waals surface area contributed by atoms with Crippen molar-refractivity contribution in [3.8, 4) is 0 Å². The Balaban J connectivity index is -0.0000000180. The lowest BCUT2D eigenvalue weighted by Gasteiger charge is -1.87. The van der Waals surface area contributed by atoms with Gasteiger partial charge in [-0.25, -0.2) is 0 Å². The SMILES string of the molecule is O=C(CCCl)N[S].[F-].[F-].[F-].[F-].[F-]. The van der Waals surface area contributed by atoms with Crippen molar-refractivity contribution < 1.29 is 28.3 Å². The lowest BCUT2D eigenvalue weighted by molar-refractivity contribution is -0.118. The molecular formula is C3H5ClF5NOS-5. The minimum atomic E-state index is -0.190. The van der Waals surface area contributed by atoms with Crippen molar-refractivity contribution in [3.63, 3.8) is 0 Å². The molecule has 0 aromatic carbocycles. The van der Waals surface area contributed by atoms with Gasteiger partial charge in [-0.3, -0.25) is 9.52 Å². The fourth-order valence-electron chi connectivity index (χ4n) is 0.137. The first kappa shape index (κ1) is 41.0. The number of nitrogens with one attached hydrogen (secondary N) is 1. The molecule has 0 aliphatic carbocycles. The average Bonchev–Trinajstić information content (AvgIpc) is 1.68. The third kappa shape index (κ3) is 33.1. The van der Waals surface area contributed by atoms with E-state index in [2.05, 4.69) is 12.8 Å². The molecule has 2 nitrogen and oxygen atoms in total. The van der Waals surface area contributed by atoms with Gasteiger partial charge in [0.1, 0.15) is 0 Å². The number of amides is 1. The molecule has 0 saturated heterocycles. The van der Waals surface area contributed by atoms with Crippen LogP contribution in [0.1, 0.15) is 6.42 Å². The van der Waals surface area contributed by atoms with Gasteiger partial charge in [-0.05, 0) is 0 Å². The number of carbonyl (C=O) groups is 1. The van der Waals surface area contributed by atoms with Crippen molar-refractivity contribution >= 4 is 30.3 Å². The molecule has 0 unspecified atom stereocenters. The van der Waals surface area contributed by atoms with E-state index in [1.54, 1.807) is 0 Å². The summed E-state index contributed by atoms with van der Waals surface area (Å²) in [7, 11) is 0. The number of hydrogen-bond acceptors (Lipinski definition) is 1. The van der Waals surface area contributed by atoms with Crippen molar-refractivity contribution in [3.05, 3.63) is 0 Å². The minimum absolute atomic E-state index is 0. The molecular weight excluding hydrogens is 229 g/mol. The van der Waals surface area contributed by atoms with Gasteiger partial charge in [0.15, 0.2) is 0 Å². The van der Waals surface area contributed by atoms with Gasteiger partial charge in [-0.2, -0.15) is 0 Å². The highest BCUT2D eigenvalue weighted by Crippen LogP contribution is 1.82. The van der Waals surface area contributed by atoms with Crippen LogP contribution in [0.5, 0.6) is 0 Å². The van der Waals surface area contributed by atoms with E-state index < -0.39 is 0 Å². The molecule has 9 heteroatoms. The summed E-state index contributed by atoms with van der Waals surface area (Å²) in [5.74, 6) is 0.146. The standard InChI is InChI=1S/C3H5ClNOS.5FH/c4-2-1-3(6)5-7;;;;;/h1-2H2,(H,5,6);5*1H/p-5. The molecule has 0 aliphatic heterocycles. The van der Waals surface area contributed by atoms with Crippen molar-refractivity contribution in [1.82, 2.24) is 4.72 Å². The molecule has 0 aromatic heterocycles. The van der Waals surface area contributed by atoms with Gasteiger partial charge < -0.3 is 23.5 Å². The van der Waals surface area contributed by atoms with Gasteiger partial charge in [0, 0.05) is 25.1 Å². The van der Waals surface area contributed by atoms with Crippen LogP contribution in [0.4, 0.5) is 0 Å². The normalized spacial score (nSPS) is 4.83. The third-order valence-electron chi connectivity index (χ3n) is 0.435. The summed E-state index contributed by atoms with van der Waals surface area (Å²) in [5, 5.41) is 0. The van der Waals surface area contributed by atoms with Crippen molar-refractivity contribution in [2.75, 3.05) is 5.88 Å². The van der Waals surface area contributed by atoms with Crippen LogP contribution in [-0.4, -0.2) is 11.8 Å². The number of alkyl halides is 1. The summed E-state index contributed by atoms with van der Waals surface area (Å²) in [6.07, 6.45) is 0.311. The van der Waals surface area contributed by atoms with Gasteiger partial charge in [0.2, 0.25) is 5.91 Å². The molecule has 0 spiro atoms. The topological polar surface area (TPSA) is 29.1 Å². The molecule has 1 N–H and O–H groups in total. The molecule has 0 aromatic rings. The van der Waals surface area contributed by atoms with E-state index in [9.17, 15) is 4.79 Å². The Kier molecular flexibility index (Phi) is 106. The van der Waals surface area contributed by atoms with E-state index >= 15 is 0 Å². The zero-order valence-corrected chi connectivity index (χ0v) is 7.07. The van der Waals surface area contributed by atoms with Gasteiger partial charge in [0.25, 0.3) is 0 Å². The molecule has 0 saturated carbocycles. The zero-order valence-electron chi connectivity index (χ0n) is 5.50. The molecule has 0 bridgehead atoms. The number of hydrogen-bond donors (Lipinski definition) is 1. The minimum Gasteiger partial charge on any atom is -1.00 e. The van der Waals surface area contributed by atoms with Crippen LogP contribution in [-0.2, 0) is 4.79 Å². The smallest absolute Gasteiger partial charge is 0.231 e. The second-order valence-corrected chi connectivity index (χ2v) is 1.55. The Morgan fingerprint density at radius 2 is 1.50 bits per heavy atom. The highest BCUT2D eigenvalue weighted by atomic mass is 35.5. The maximum absolute atomic E-state index is 10.1. The first-order valence-electron chi connectivity index (χ1n) is 1.78. The van der Waals surface area contributed by atoms with E-state index in [0.29, 0.717) is 12.3 Å². The molecule has 12 heavy (non-hydrogen) atoms. The van der Waals surface area contributed by atoms with E-state index in [-0.39, 0.29) is 29.4 Å². The van der Waals surface area contributed by atoms with Gasteiger partial charge in [-0.15, -0.1) is 11.6 Å². The highest BCUT2D eigenvalue weighted by molar-refractivity contribution is 7.78. The summed E-state index contributed by atoms with van der Waals surface area (Å²) in [4.78, 5) is 10.1. The van der Waals surface area contributed by atoms with Gasteiger partial charge in [0.05, 0.1) is 0 Å². The van der Waals surface area contributed by atoms with Crippen molar-refractivity contribution in [2.45, 2.75) is 6.42 Å². The number of halogens is 6. The summed E-state index contributed by atoms with van der Waals surface area (Å²) < 4.78 is 2.03. The van der Waals surface area contributed by atoms with Crippen LogP contribution < -0.4 is 28.2 Å². The Morgan fingerprint density at radius 3 is 1.58 bits per heavy atom. The highest BCUT2D eigenvalue weighted by Gasteiger charge is 1.92. The fourth-order valence-corrected chi connectivity index (χ4v) is 0.411. The maximum Gasteiger partial charge on any atom is 0.231 e. The van der Waals surface area contributed by atoms with E-state index in [0.717, 1.165) is 0 Å². The van der Waals surface area contributed by atoms with Crippen LogP contribution in [0.2, 0.25) is 0 Å². The van der Waals surface area contributed by atoms with Crippen LogP contribution in [0.25, 0.3) is 0 Å². The quantitative estimate of drug-likeness (QED) is 0.373. The summed E-state index contributed by atoms with van der Waals surface area (Å²) in [6, 6.07) is 0. The monoisotopic (exact) mass is 233 g/mol. The largest absolute Gasteiger partial charge is 1.00 e. The first-order valence-corrected chi connectivity index (χ1v) is 2.72. The predicted molar refractivity (Wildman–Crippen MR) is 31.1 cm³/mol. The molecule has 1 amide bonds. The van der Waals surface area contributed by atoms with E-state index in [1.165, 1.54) is 0 Å². The Bertz CT molecular complexity index is 79.7. The van der Waals surface area contributed by atoms with Gasteiger partial charge >= 0.3 is 0 Å². The number of carbonyl (C=O) groups excluding carboxylic acids is 1. The zero-order chi connectivity index (χ0) is 5.70.